The Morgan fingerprint density at radius 3 is 2.69 bits per heavy atom. The molecule has 0 saturated carbocycles. The number of halogens is 3. The van der Waals surface area contributed by atoms with Gasteiger partial charge < -0.3 is 5.73 Å². The van der Waals surface area contributed by atoms with Crippen LogP contribution in [0.2, 0.25) is 5.02 Å². The highest BCUT2D eigenvalue weighted by Gasteiger charge is 2.15. The molecule has 7 heteroatoms. The molecule has 0 aromatic heterocycles. The Balaban J connectivity index is 0.00000225. The van der Waals surface area contributed by atoms with E-state index in [-0.39, 0.29) is 29.5 Å². The van der Waals surface area contributed by atoms with Crippen molar-refractivity contribution in [1.29, 1.82) is 0 Å². The van der Waals surface area contributed by atoms with Crippen molar-refractivity contribution >= 4 is 29.7 Å². The van der Waals surface area contributed by atoms with E-state index in [0.717, 1.165) is 0 Å². The lowest BCUT2D eigenvalue weighted by Gasteiger charge is -2.09. The zero-order valence-corrected chi connectivity index (χ0v) is 9.80. The SMILES string of the molecule is Cl.N[C@@H](CCF)c1ccc(Cl)c([N+](=O)[O-])c1. The van der Waals surface area contributed by atoms with Crippen molar-refractivity contribution in [2.45, 2.75) is 12.5 Å². The number of nitro groups is 1. The van der Waals surface area contributed by atoms with Gasteiger partial charge in [-0.2, -0.15) is 0 Å². The summed E-state index contributed by atoms with van der Waals surface area (Å²) in [6, 6.07) is 3.71. The third-order valence-electron chi connectivity index (χ3n) is 2.02. The van der Waals surface area contributed by atoms with E-state index in [1.54, 1.807) is 6.07 Å². The molecule has 1 rings (SSSR count). The van der Waals surface area contributed by atoms with Gasteiger partial charge in [-0.3, -0.25) is 14.5 Å². The van der Waals surface area contributed by atoms with Crippen molar-refractivity contribution in [2.75, 3.05) is 6.67 Å². The molecule has 0 radical (unpaired) electrons. The molecule has 90 valence electrons. The predicted molar refractivity (Wildman–Crippen MR) is 62.9 cm³/mol. The standard InChI is InChI=1S/C9H10ClFN2O2.ClH/c10-7-2-1-6(8(12)3-4-11)5-9(7)13(14)15;/h1-2,5,8H,3-4,12H2;1H/t8-;/m0./s1. The Morgan fingerprint density at radius 1 is 1.56 bits per heavy atom. The van der Waals surface area contributed by atoms with E-state index < -0.39 is 17.6 Å². The Kier molecular flexibility index (Phi) is 6.25. The van der Waals surface area contributed by atoms with Gasteiger partial charge in [-0.25, -0.2) is 0 Å². The van der Waals surface area contributed by atoms with Gasteiger partial charge in [0.2, 0.25) is 0 Å². The molecule has 0 fully saturated rings. The summed E-state index contributed by atoms with van der Waals surface area (Å²) in [6.07, 6.45) is 0.138. The van der Waals surface area contributed by atoms with E-state index in [2.05, 4.69) is 0 Å². The molecule has 2 N–H and O–H groups in total. The summed E-state index contributed by atoms with van der Waals surface area (Å²) in [5.41, 5.74) is 5.93. The number of nitro benzene ring substituents is 1. The molecule has 0 aliphatic rings. The van der Waals surface area contributed by atoms with Crippen LogP contribution < -0.4 is 5.73 Å². The van der Waals surface area contributed by atoms with Gasteiger partial charge in [0, 0.05) is 12.1 Å². The number of benzene rings is 1. The first-order chi connectivity index (χ1) is 7.06. The first kappa shape index (κ1) is 15.1. The molecule has 0 aliphatic heterocycles. The summed E-state index contributed by atoms with van der Waals surface area (Å²) >= 11 is 5.62. The maximum atomic E-state index is 12.0. The molecular formula is C9H11Cl2FN2O2. The van der Waals surface area contributed by atoms with Crippen LogP contribution in [0.5, 0.6) is 0 Å². The molecular weight excluding hydrogens is 258 g/mol. The first-order valence-electron chi connectivity index (χ1n) is 4.31. The molecule has 0 amide bonds. The molecule has 0 unspecified atom stereocenters. The van der Waals surface area contributed by atoms with Crippen LogP contribution in [0.25, 0.3) is 0 Å². The van der Waals surface area contributed by atoms with E-state index in [0.29, 0.717) is 5.56 Å². The van der Waals surface area contributed by atoms with Gasteiger partial charge in [-0.15, -0.1) is 12.4 Å². The number of hydrogen-bond acceptors (Lipinski definition) is 3. The molecule has 0 aliphatic carbocycles. The minimum absolute atomic E-state index is 0. The summed E-state index contributed by atoms with van der Waals surface area (Å²) in [6.45, 7) is -0.558. The average Bonchev–Trinajstić information content (AvgIpc) is 2.18. The average molecular weight is 269 g/mol. The van der Waals surface area contributed by atoms with Crippen molar-refractivity contribution in [1.82, 2.24) is 0 Å². The van der Waals surface area contributed by atoms with Gasteiger partial charge in [0.25, 0.3) is 5.69 Å². The van der Waals surface area contributed by atoms with Crippen molar-refractivity contribution in [2.24, 2.45) is 5.73 Å². The smallest absolute Gasteiger partial charge is 0.288 e. The summed E-state index contributed by atoms with van der Waals surface area (Å²) in [4.78, 5) is 9.97. The van der Waals surface area contributed by atoms with Crippen molar-refractivity contribution in [3.8, 4) is 0 Å². The number of nitrogens with zero attached hydrogens (tertiary/aromatic N) is 1. The predicted octanol–water partition coefficient (Wildman–Crippen LogP) is 3.03. The minimum Gasteiger partial charge on any atom is -0.324 e. The fourth-order valence-corrected chi connectivity index (χ4v) is 1.37. The van der Waals surface area contributed by atoms with Gasteiger partial charge in [-0.05, 0) is 18.1 Å². The van der Waals surface area contributed by atoms with E-state index in [4.69, 9.17) is 17.3 Å². The number of rotatable bonds is 4. The molecule has 1 atom stereocenters. The zero-order valence-electron chi connectivity index (χ0n) is 8.23. The van der Waals surface area contributed by atoms with E-state index in [9.17, 15) is 14.5 Å². The Bertz CT molecular complexity index is 377. The molecule has 16 heavy (non-hydrogen) atoms. The van der Waals surface area contributed by atoms with E-state index in [1.165, 1.54) is 12.1 Å². The summed E-state index contributed by atoms with van der Waals surface area (Å²) < 4.78 is 12.0. The van der Waals surface area contributed by atoms with Crippen LogP contribution in [-0.2, 0) is 0 Å². The summed E-state index contributed by atoms with van der Waals surface area (Å²) in [5.74, 6) is 0. The molecule has 4 nitrogen and oxygen atoms in total. The normalized spacial score (nSPS) is 11.7. The van der Waals surface area contributed by atoms with Crippen LogP contribution in [0, 0.1) is 10.1 Å². The summed E-state index contributed by atoms with van der Waals surface area (Å²) in [7, 11) is 0. The molecule has 1 aromatic carbocycles. The Morgan fingerprint density at radius 2 is 2.19 bits per heavy atom. The highest BCUT2D eigenvalue weighted by atomic mass is 35.5. The molecule has 0 saturated heterocycles. The second-order valence-electron chi connectivity index (χ2n) is 3.05. The van der Waals surface area contributed by atoms with Crippen LogP contribution >= 0.6 is 24.0 Å². The maximum absolute atomic E-state index is 12.0. The highest BCUT2D eigenvalue weighted by molar-refractivity contribution is 6.32. The quantitative estimate of drug-likeness (QED) is 0.674. The van der Waals surface area contributed by atoms with E-state index in [1.807, 2.05) is 0 Å². The molecule has 1 aromatic rings. The topological polar surface area (TPSA) is 69.2 Å². The van der Waals surface area contributed by atoms with Crippen LogP contribution in [0.1, 0.15) is 18.0 Å². The molecule has 0 spiro atoms. The second kappa shape index (κ2) is 6.62. The first-order valence-corrected chi connectivity index (χ1v) is 4.69. The van der Waals surface area contributed by atoms with Gasteiger partial charge in [0.1, 0.15) is 5.02 Å². The Labute approximate surface area is 103 Å². The van der Waals surface area contributed by atoms with E-state index >= 15 is 0 Å². The van der Waals surface area contributed by atoms with Crippen LogP contribution in [0.15, 0.2) is 18.2 Å². The third-order valence-corrected chi connectivity index (χ3v) is 2.33. The van der Waals surface area contributed by atoms with Crippen molar-refractivity contribution < 1.29 is 9.31 Å². The van der Waals surface area contributed by atoms with Crippen molar-refractivity contribution in [3.05, 3.63) is 38.9 Å². The minimum atomic E-state index is -0.589. The fraction of sp³-hybridized carbons (Fsp3) is 0.333. The van der Waals surface area contributed by atoms with Crippen LogP contribution in [-0.4, -0.2) is 11.6 Å². The second-order valence-corrected chi connectivity index (χ2v) is 3.46. The Hall–Kier alpha value is -0.910. The maximum Gasteiger partial charge on any atom is 0.288 e. The number of hydrogen-bond donors (Lipinski definition) is 1. The van der Waals surface area contributed by atoms with Crippen LogP contribution in [0.3, 0.4) is 0 Å². The van der Waals surface area contributed by atoms with Gasteiger partial charge in [-0.1, -0.05) is 17.7 Å². The lowest BCUT2D eigenvalue weighted by molar-refractivity contribution is -0.384. The monoisotopic (exact) mass is 268 g/mol. The van der Waals surface area contributed by atoms with Gasteiger partial charge >= 0.3 is 0 Å². The van der Waals surface area contributed by atoms with Gasteiger partial charge in [0.15, 0.2) is 0 Å². The van der Waals surface area contributed by atoms with Crippen molar-refractivity contribution in [3.63, 3.8) is 0 Å². The number of alkyl halides is 1. The largest absolute Gasteiger partial charge is 0.324 e. The third kappa shape index (κ3) is 3.59. The molecule has 0 bridgehead atoms. The zero-order chi connectivity index (χ0) is 11.4. The highest BCUT2D eigenvalue weighted by Crippen LogP contribution is 2.27. The van der Waals surface area contributed by atoms with Gasteiger partial charge in [0.05, 0.1) is 11.6 Å². The van der Waals surface area contributed by atoms with Crippen LogP contribution in [0.4, 0.5) is 10.1 Å². The molecule has 0 heterocycles. The summed E-state index contributed by atoms with van der Waals surface area (Å²) in [5, 5.41) is 10.6. The lowest BCUT2D eigenvalue weighted by Crippen LogP contribution is -2.11. The fourth-order valence-electron chi connectivity index (χ4n) is 1.18. The number of nitrogens with two attached hydrogens (primary N) is 1. The lowest BCUT2D eigenvalue weighted by atomic mass is 10.0.